The molecule has 4 N–H and O–H groups in total. The summed E-state index contributed by atoms with van der Waals surface area (Å²) in [6, 6.07) is 12.0. The number of aliphatic carboxylic acids is 1. The summed E-state index contributed by atoms with van der Waals surface area (Å²) in [4.78, 5) is 17.2. The highest BCUT2D eigenvalue weighted by atomic mass is 16.4. The summed E-state index contributed by atoms with van der Waals surface area (Å²) in [6.07, 6.45) is -0.711. The summed E-state index contributed by atoms with van der Waals surface area (Å²) in [6.45, 7) is 0.498. The number of nitrogens with two attached hydrogens (primary N) is 1. The van der Waals surface area contributed by atoms with Crippen molar-refractivity contribution in [3.63, 3.8) is 0 Å². The van der Waals surface area contributed by atoms with Crippen LogP contribution in [0.25, 0.3) is 0 Å². The van der Waals surface area contributed by atoms with Gasteiger partial charge in [-0.05, 0) is 48.9 Å². The second-order valence-corrected chi connectivity index (χ2v) is 7.38. The smallest absolute Gasteiger partial charge is 0.329 e. The average Bonchev–Trinajstić information content (AvgIpc) is 3.19. The maximum absolute atomic E-state index is 11.4. The van der Waals surface area contributed by atoms with E-state index in [1.165, 1.54) is 0 Å². The van der Waals surface area contributed by atoms with Crippen LogP contribution in [-0.2, 0) is 4.79 Å². The lowest BCUT2D eigenvalue weighted by Crippen LogP contribution is -2.41. The Kier molecular flexibility index (Phi) is 4.75. The molecule has 2 aromatic rings. The molecule has 2 aliphatic heterocycles. The lowest BCUT2D eigenvalue weighted by molar-refractivity contribution is -0.140. The normalized spacial score (nSPS) is 23.8. The first-order valence-electron chi connectivity index (χ1n) is 9.40. The van der Waals surface area contributed by atoms with E-state index >= 15 is 0 Å². The third-order valence-corrected chi connectivity index (χ3v) is 5.53. The Morgan fingerprint density at radius 1 is 1.10 bits per heavy atom. The molecule has 29 heavy (non-hydrogen) atoms. The van der Waals surface area contributed by atoms with Crippen LogP contribution in [-0.4, -0.2) is 55.3 Å². The van der Waals surface area contributed by atoms with Crippen molar-refractivity contribution in [2.75, 3.05) is 41.1 Å². The van der Waals surface area contributed by atoms with Crippen LogP contribution in [0, 0.1) is 0 Å². The third kappa shape index (κ3) is 3.33. The van der Waals surface area contributed by atoms with Gasteiger partial charge in [-0.2, -0.15) is 5.11 Å². The molecule has 0 amide bonds. The zero-order chi connectivity index (χ0) is 20.7. The van der Waals surface area contributed by atoms with Crippen LogP contribution in [0.1, 0.15) is 6.42 Å². The minimum atomic E-state index is -1.02. The Labute approximate surface area is 168 Å². The van der Waals surface area contributed by atoms with Crippen molar-refractivity contribution >= 4 is 34.4 Å². The number of hydrogen-bond donors (Lipinski definition) is 3. The molecule has 1 saturated heterocycles. The first-order valence-corrected chi connectivity index (χ1v) is 9.40. The fourth-order valence-electron chi connectivity index (χ4n) is 3.98. The van der Waals surface area contributed by atoms with Crippen molar-refractivity contribution in [3.05, 3.63) is 42.5 Å². The van der Waals surface area contributed by atoms with E-state index < -0.39 is 18.1 Å². The van der Waals surface area contributed by atoms with E-state index in [1.54, 1.807) is 29.2 Å². The zero-order valence-corrected chi connectivity index (χ0v) is 16.3. The molecule has 2 aromatic carbocycles. The molecule has 0 aromatic heterocycles. The van der Waals surface area contributed by atoms with Crippen molar-refractivity contribution < 1.29 is 15.0 Å². The predicted molar refractivity (Wildman–Crippen MR) is 112 cm³/mol. The quantitative estimate of drug-likeness (QED) is 0.536. The van der Waals surface area contributed by atoms with E-state index in [1.807, 2.05) is 42.1 Å². The molecule has 152 valence electrons. The molecule has 4 rings (SSSR count). The predicted octanol–water partition coefficient (Wildman–Crippen LogP) is 2.25. The average molecular weight is 396 g/mol. The van der Waals surface area contributed by atoms with E-state index in [4.69, 9.17) is 5.73 Å². The van der Waals surface area contributed by atoms with Gasteiger partial charge in [0.2, 0.25) is 6.29 Å². The first kappa shape index (κ1) is 19.0. The van der Waals surface area contributed by atoms with Crippen molar-refractivity contribution in [2.45, 2.75) is 24.9 Å². The standard InChI is InChI=1S/C20H24N6O3/c1-24-15-8-3-12(21)11-16(15)25(2)20(24)23-22-13-4-6-14(7-5-13)26-10-9-17(27)18(26)19(28)29/h3-8,11,17-18,20,27H,9-10,21H2,1-2H3,(H,28,29). The topological polar surface area (TPSA) is 118 Å². The molecule has 0 aliphatic carbocycles. The third-order valence-electron chi connectivity index (χ3n) is 5.53. The number of carbonyl (C=O) groups is 1. The minimum Gasteiger partial charge on any atom is -0.480 e. The maximum atomic E-state index is 11.4. The Balaban J connectivity index is 1.50. The fraction of sp³-hybridized carbons (Fsp3) is 0.350. The lowest BCUT2D eigenvalue weighted by Gasteiger charge is -2.24. The van der Waals surface area contributed by atoms with Crippen LogP contribution in [0.2, 0.25) is 0 Å². The molecule has 0 bridgehead atoms. The number of carboxylic acids is 1. The molecule has 1 fully saturated rings. The SMILES string of the molecule is CN1c2ccc(N)cc2N(C)C1N=Nc1ccc(N2CCC(O)C2C(=O)O)cc1. The van der Waals surface area contributed by atoms with E-state index in [0.29, 0.717) is 24.3 Å². The molecular formula is C20H24N6O3. The molecule has 2 heterocycles. The van der Waals surface area contributed by atoms with Gasteiger partial charge in [0.15, 0.2) is 6.04 Å². The number of aliphatic hydroxyl groups excluding tert-OH is 1. The number of nitrogen functional groups attached to an aromatic ring is 1. The number of aliphatic hydroxyl groups is 1. The monoisotopic (exact) mass is 396 g/mol. The molecule has 9 nitrogen and oxygen atoms in total. The highest BCUT2D eigenvalue weighted by Crippen LogP contribution is 2.39. The number of rotatable bonds is 4. The maximum Gasteiger partial charge on any atom is 0.329 e. The largest absolute Gasteiger partial charge is 0.480 e. The highest BCUT2D eigenvalue weighted by Gasteiger charge is 2.38. The van der Waals surface area contributed by atoms with Gasteiger partial charge in [0, 0.05) is 32.0 Å². The summed E-state index contributed by atoms with van der Waals surface area (Å²) in [5.41, 5.74) is 10.0. The Bertz CT molecular complexity index is 948. The summed E-state index contributed by atoms with van der Waals surface area (Å²) < 4.78 is 0. The van der Waals surface area contributed by atoms with Gasteiger partial charge in [-0.25, -0.2) is 4.79 Å². The van der Waals surface area contributed by atoms with E-state index in [-0.39, 0.29) is 6.29 Å². The Morgan fingerprint density at radius 3 is 2.48 bits per heavy atom. The van der Waals surface area contributed by atoms with Crippen molar-refractivity contribution in [3.8, 4) is 0 Å². The number of hydrogen-bond acceptors (Lipinski definition) is 8. The molecule has 0 saturated carbocycles. The second kappa shape index (κ2) is 7.25. The van der Waals surface area contributed by atoms with Crippen molar-refractivity contribution in [1.82, 2.24) is 0 Å². The van der Waals surface area contributed by atoms with Gasteiger partial charge in [0.05, 0.1) is 23.2 Å². The number of azo groups is 1. The Morgan fingerprint density at radius 2 is 1.79 bits per heavy atom. The number of anilines is 4. The molecule has 9 heteroatoms. The lowest BCUT2D eigenvalue weighted by atomic mass is 10.1. The van der Waals surface area contributed by atoms with Crippen LogP contribution < -0.4 is 20.4 Å². The van der Waals surface area contributed by atoms with Crippen LogP contribution in [0.4, 0.5) is 28.4 Å². The van der Waals surface area contributed by atoms with Crippen molar-refractivity contribution in [1.29, 1.82) is 0 Å². The van der Waals surface area contributed by atoms with E-state index in [0.717, 1.165) is 17.1 Å². The van der Waals surface area contributed by atoms with E-state index in [9.17, 15) is 15.0 Å². The number of nitrogens with zero attached hydrogens (tertiary/aromatic N) is 5. The Hall–Kier alpha value is -3.33. The summed E-state index contributed by atoms with van der Waals surface area (Å²) in [5.74, 6) is -1.02. The van der Waals surface area contributed by atoms with Gasteiger partial charge >= 0.3 is 5.97 Å². The van der Waals surface area contributed by atoms with Crippen LogP contribution in [0.5, 0.6) is 0 Å². The van der Waals surface area contributed by atoms with Crippen LogP contribution >= 0.6 is 0 Å². The van der Waals surface area contributed by atoms with Gasteiger partial charge in [-0.3, -0.25) is 0 Å². The zero-order valence-electron chi connectivity index (χ0n) is 16.3. The second-order valence-electron chi connectivity index (χ2n) is 7.38. The van der Waals surface area contributed by atoms with Gasteiger partial charge in [0.25, 0.3) is 0 Å². The minimum absolute atomic E-state index is 0.281. The number of benzene rings is 2. The van der Waals surface area contributed by atoms with Gasteiger partial charge in [-0.1, -0.05) is 0 Å². The molecule has 0 radical (unpaired) electrons. The van der Waals surface area contributed by atoms with Gasteiger partial charge in [0.1, 0.15) is 0 Å². The van der Waals surface area contributed by atoms with E-state index in [2.05, 4.69) is 10.2 Å². The van der Waals surface area contributed by atoms with Gasteiger partial charge in [-0.15, -0.1) is 5.11 Å². The molecule has 0 spiro atoms. The summed E-state index contributed by atoms with van der Waals surface area (Å²) in [7, 11) is 3.90. The summed E-state index contributed by atoms with van der Waals surface area (Å²) in [5, 5.41) is 28.1. The highest BCUT2D eigenvalue weighted by molar-refractivity contribution is 5.80. The molecule has 2 aliphatic rings. The first-order chi connectivity index (χ1) is 13.9. The molecule has 3 unspecified atom stereocenters. The van der Waals surface area contributed by atoms with Gasteiger partial charge < -0.3 is 30.6 Å². The van der Waals surface area contributed by atoms with Crippen LogP contribution in [0.15, 0.2) is 52.7 Å². The fourth-order valence-corrected chi connectivity index (χ4v) is 3.98. The van der Waals surface area contributed by atoms with Crippen molar-refractivity contribution in [2.24, 2.45) is 10.2 Å². The van der Waals surface area contributed by atoms with Crippen LogP contribution in [0.3, 0.4) is 0 Å². The number of fused-ring (bicyclic) bond motifs is 1. The number of carboxylic acid groups (broad SMARTS) is 1. The molecular weight excluding hydrogens is 372 g/mol. The molecule has 3 atom stereocenters. The summed E-state index contributed by atoms with van der Waals surface area (Å²) >= 11 is 0.